The molecule has 0 spiro atoms. The first kappa shape index (κ1) is 23.5. The fourth-order valence-corrected chi connectivity index (χ4v) is 3.43. The van der Waals surface area contributed by atoms with Gasteiger partial charge in [-0.3, -0.25) is 4.79 Å². The van der Waals surface area contributed by atoms with E-state index in [1.807, 2.05) is 45.0 Å². The number of hydrogen-bond acceptors (Lipinski definition) is 6. The lowest BCUT2D eigenvalue weighted by atomic mass is 10.1. The molecule has 1 atom stereocenters. The highest BCUT2D eigenvalue weighted by atomic mass is 79.9. The van der Waals surface area contributed by atoms with E-state index in [0.717, 1.165) is 16.6 Å². The second kappa shape index (κ2) is 9.95. The van der Waals surface area contributed by atoms with Crippen LogP contribution in [0.25, 0.3) is 10.9 Å². The van der Waals surface area contributed by atoms with Gasteiger partial charge in [-0.1, -0.05) is 29.8 Å². The summed E-state index contributed by atoms with van der Waals surface area (Å²) in [5.41, 5.74) is 1.73. The van der Waals surface area contributed by atoms with E-state index < -0.39 is 12.6 Å². The Morgan fingerprint density at radius 1 is 1.31 bits per heavy atom. The number of benzene rings is 2. The first-order chi connectivity index (χ1) is 15.2. The van der Waals surface area contributed by atoms with E-state index in [1.165, 1.54) is 10.9 Å². The van der Waals surface area contributed by atoms with Crippen molar-refractivity contribution >= 4 is 44.7 Å². The Morgan fingerprint density at radius 3 is 2.72 bits per heavy atom. The van der Waals surface area contributed by atoms with Crippen molar-refractivity contribution in [2.45, 2.75) is 26.2 Å². The third kappa shape index (κ3) is 5.16. The normalized spacial score (nSPS) is 12.3. The largest absolute Gasteiger partial charge is 0.481 e. The van der Waals surface area contributed by atoms with E-state index in [9.17, 15) is 9.59 Å². The lowest BCUT2D eigenvalue weighted by Crippen LogP contribution is -2.23. The van der Waals surface area contributed by atoms with Gasteiger partial charge in [-0.15, -0.1) is 0 Å². The number of carboxylic acids is 1. The van der Waals surface area contributed by atoms with Gasteiger partial charge in [0.05, 0.1) is 17.1 Å². The van der Waals surface area contributed by atoms with E-state index in [0.29, 0.717) is 28.0 Å². The van der Waals surface area contributed by atoms with E-state index in [1.54, 1.807) is 24.3 Å². The van der Waals surface area contributed by atoms with Gasteiger partial charge in [0.2, 0.25) is 0 Å². The summed E-state index contributed by atoms with van der Waals surface area (Å²) >= 11 is 3.40. The molecule has 1 aromatic heterocycles. The number of rotatable bonds is 8. The maximum Gasteiger partial charge on any atom is 0.341 e. The molecule has 0 radical (unpaired) electrons. The van der Waals surface area contributed by atoms with Gasteiger partial charge in [-0.05, 0) is 36.8 Å². The Labute approximate surface area is 194 Å². The predicted octanol–water partition coefficient (Wildman–Crippen LogP) is 4.08. The molecule has 0 aliphatic heterocycles. The molecular formula is C23H25BrN4O4. The van der Waals surface area contributed by atoms with Gasteiger partial charge in [0, 0.05) is 41.8 Å². The number of nitrogens with zero attached hydrogens (tertiary/aromatic N) is 4. The molecule has 1 heterocycles. The van der Waals surface area contributed by atoms with Crippen molar-refractivity contribution in [1.82, 2.24) is 9.66 Å². The van der Waals surface area contributed by atoms with Crippen LogP contribution >= 0.6 is 15.9 Å². The number of hydrogen-bond donors (Lipinski definition) is 1. The highest BCUT2D eigenvalue weighted by Crippen LogP contribution is 2.25. The van der Waals surface area contributed by atoms with Gasteiger partial charge in [-0.2, -0.15) is 9.78 Å². The second-order valence-electron chi connectivity index (χ2n) is 7.60. The van der Waals surface area contributed by atoms with Crippen LogP contribution < -0.4 is 15.2 Å². The maximum absolute atomic E-state index is 13.3. The van der Waals surface area contributed by atoms with E-state index in [4.69, 9.17) is 14.8 Å². The van der Waals surface area contributed by atoms with Crippen LogP contribution in [0.5, 0.6) is 5.75 Å². The molecule has 0 amide bonds. The molecule has 3 rings (SSSR count). The third-order valence-electron chi connectivity index (χ3n) is 5.06. The Bertz CT molecular complexity index is 1240. The van der Waals surface area contributed by atoms with Crippen molar-refractivity contribution in [2.24, 2.45) is 5.10 Å². The number of aliphatic carboxylic acids is 1. The molecule has 0 aliphatic carbocycles. The van der Waals surface area contributed by atoms with Crippen LogP contribution in [0.4, 0.5) is 5.69 Å². The van der Waals surface area contributed by atoms with Gasteiger partial charge in [-0.25, -0.2) is 9.78 Å². The summed E-state index contributed by atoms with van der Waals surface area (Å²) in [5, 5.41) is 13.9. The minimum Gasteiger partial charge on any atom is -0.481 e. The molecule has 3 aromatic rings. The number of anilines is 1. The van der Waals surface area contributed by atoms with Gasteiger partial charge >= 0.3 is 5.97 Å². The molecule has 0 bridgehead atoms. The monoisotopic (exact) mass is 500 g/mol. The third-order valence-corrected chi connectivity index (χ3v) is 5.56. The van der Waals surface area contributed by atoms with Crippen molar-refractivity contribution in [1.29, 1.82) is 0 Å². The fraction of sp³-hybridized carbons (Fsp3) is 0.304. The lowest BCUT2D eigenvalue weighted by molar-refractivity contribution is -0.139. The predicted molar refractivity (Wildman–Crippen MR) is 129 cm³/mol. The molecule has 0 aliphatic rings. The van der Waals surface area contributed by atoms with Crippen LogP contribution in [0, 0.1) is 0 Å². The standard InChI is InChI=1S/C23H25BrN4O4/c1-5-14(2)22-26-19-9-7-16(24)10-18(19)23(31)28(22)25-12-15-6-8-17(27(3)4)11-20(15)32-13-21(29)30/h6-12,14H,5,13H2,1-4H3,(H,29,30)/t14-/m1/s1. The van der Waals surface area contributed by atoms with Gasteiger partial charge in [0.15, 0.2) is 6.61 Å². The number of ether oxygens (including phenoxy) is 1. The Morgan fingerprint density at radius 2 is 2.06 bits per heavy atom. The number of carbonyl (C=O) groups is 1. The molecular weight excluding hydrogens is 476 g/mol. The summed E-state index contributed by atoms with van der Waals surface area (Å²) in [5.74, 6) is -0.159. The first-order valence-corrected chi connectivity index (χ1v) is 10.9. The summed E-state index contributed by atoms with van der Waals surface area (Å²) in [6.07, 6.45) is 2.28. The van der Waals surface area contributed by atoms with E-state index in [2.05, 4.69) is 21.0 Å². The van der Waals surface area contributed by atoms with Crippen molar-refractivity contribution in [3.8, 4) is 5.75 Å². The molecule has 168 valence electrons. The first-order valence-electron chi connectivity index (χ1n) is 10.1. The highest BCUT2D eigenvalue weighted by Gasteiger charge is 2.16. The fourth-order valence-electron chi connectivity index (χ4n) is 3.07. The highest BCUT2D eigenvalue weighted by molar-refractivity contribution is 9.10. The lowest BCUT2D eigenvalue weighted by Gasteiger charge is -2.16. The summed E-state index contributed by atoms with van der Waals surface area (Å²) in [7, 11) is 3.75. The van der Waals surface area contributed by atoms with Crippen LogP contribution in [0.1, 0.15) is 37.6 Å². The van der Waals surface area contributed by atoms with E-state index in [-0.39, 0.29) is 11.5 Å². The summed E-state index contributed by atoms with van der Waals surface area (Å²) < 4.78 is 7.55. The zero-order valence-corrected chi connectivity index (χ0v) is 20.0. The van der Waals surface area contributed by atoms with Gasteiger partial charge in [0.25, 0.3) is 5.56 Å². The maximum atomic E-state index is 13.3. The Kier molecular flexibility index (Phi) is 7.29. The number of fused-ring (bicyclic) bond motifs is 1. The molecule has 0 unspecified atom stereocenters. The van der Waals surface area contributed by atoms with Gasteiger partial charge in [0.1, 0.15) is 11.6 Å². The van der Waals surface area contributed by atoms with Crippen LogP contribution in [-0.4, -0.2) is 47.7 Å². The zero-order valence-electron chi connectivity index (χ0n) is 18.4. The zero-order chi connectivity index (χ0) is 23.4. The van der Waals surface area contributed by atoms with E-state index >= 15 is 0 Å². The van der Waals surface area contributed by atoms with Gasteiger partial charge < -0.3 is 14.7 Å². The molecule has 8 nitrogen and oxygen atoms in total. The molecule has 9 heteroatoms. The minimum atomic E-state index is -1.08. The molecule has 2 aromatic carbocycles. The SMILES string of the molecule is CC[C@@H](C)c1nc2ccc(Br)cc2c(=O)n1N=Cc1ccc(N(C)C)cc1OCC(=O)O. The average Bonchev–Trinajstić information content (AvgIpc) is 2.76. The second-order valence-corrected chi connectivity index (χ2v) is 8.52. The molecule has 0 fully saturated rings. The number of carboxylic acid groups (broad SMARTS) is 1. The van der Waals surface area contributed by atoms with Crippen molar-refractivity contribution < 1.29 is 14.6 Å². The molecule has 1 N–H and O–H groups in total. The number of halogens is 1. The van der Waals surface area contributed by atoms with Crippen molar-refractivity contribution in [3.63, 3.8) is 0 Å². The van der Waals surface area contributed by atoms with Crippen LogP contribution in [-0.2, 0) is 4.79 Å². The van der Waals surface area contributed by atoms with Crippen molar-refractivity contribution in [3.05, 3.63) is 62.6 Å². The topological polar surface area (TPSA) is 97.0 Å². The summed E-state index contributed by atoms with van der Waals surface area (Å²) in [6, 6.07) is 10.8. The minimum absolute atomic E-state index is 0.00624. The van der Waals surface area contributed by atoms with Crippen molar-refractivity contribution in [2.75, 3.05) is 25.6 Å². The smallest absolute Gasteiger partial charge is 0.341 e. The summed E-state index contributed by atoms with van der Waals surface area (Å²) in [4.78, 5) is 30.8. The number of aromatic nitrogens is 2. The molecule has 0 saturated carbocycles. The summed E-state index contributed by atoms with van der Waals surface area (Å²) in [6.45, 7) is 3.53. The Hall–Kier alpha value is -3.20. The van der Waals surface area contributed by atoms with Crippen LogP contribution in [0.15, 0.2) is 50.8 Å². The Balaban J connectivity index is 2.14. The molecule has 0 saturated heterocycles. The average molecular weight is 501 g/mol. The van der Waals surface area contributed by atoms with Crippen LogP contribution in [0.2, 0.25) is 0 Å². The quantitative estimate of drug-likeness (QED) is 0.468. The van der Waals surface area contributed by atoms with Crippen LogP contribution in [0.3, 0.4) is 0 Å². The molecule has 32 heavy (non-hydrogen) atoms.